The first-order chi connectivity index (χ1) is 15.2. The van der Waals surface area contributed by atoms with Crippen LogP contribution in [0.4, 0.5) is 4.79 Å². The predicted octanol–water partition coefficient (Wildman–Crippen LogP) is 2.52. The largest absolute Gasteiger partial charge is 0.465 e. The van der Waals surface area contributed by atoms with Crippen LogP contribution in [0, 0.1) is 11.3 Å². The monoisotopic (exact) mass is 463 g/mol. The molecule has 0 aromatic heterocycles. The highest BCUT2D eigenvalue weighted by Gasteiger charge is 2.46. The molecule has 4 rings (SSSR count). The van der Waals surface area contributed by atoms with E-state index in [-0.39, 0.29) is 29.7 Å². The van der Waals surface area contributed by atoms with Gasteiger partial charge in [-0.3, -0.25) is 9.59 Å². The lowest BCUT2D eigenvalue weighted by molar-refractivity contribution is -0.170. The number of benzene rings is 1. The number of hydrogen-bond acceptors (Lipinski definition) is 4. The Morgan fingerprint density at radius 3 is 2.25 bits per heavy atom. The molecule has 3 heterocycles. The van der Waals surface area contributed by atoms with E-state index in [0.717, 1.165) is 5.56 Å². The van der Waals surface area contributed by atoms with Crippen LogP contribution in [-0.4, -0.2) is 90.2 Å². The number of likely N-dealkylation sites (tertiary alicyclic amines) is 2. The van der Waals surface area contributed by atoms with Crippen molar-refractivity contribution in [3.8, 4) is 0 Å². The molecule has 3 fully saturated rings. The van der Waals surface area contributed by atoms with Gasteiger partial charge in [0.1, 0.15) is 0 Å². The number of carbonyl (C=O) groups is 3. The van der Waals surface area contributed by atoms with Crippen LogP contribution in [0.2, 0.25) is 5.02 Å². The number of carboxylic acid groups (broad SMARTS) is 1. The van der Waals surface area contributed by atoms with Crippen molar-refractivity contribution in [2.75, 3.05) is 46.4 Å². The Hall–Kier alpha value is -2.32. The Labute approximate surface area is 193 Å². The fraction of sp³-hybridized carbons (Fsp3) is 0.609. The quantitative estimate of drug-likeness (QED) is 0.741. The molecule has 3 aliphatic rings. The molecule has 9 heteroatoms. The number of halogens is 1. The molecule has 3 saturated heterocycles. The molecule has 1 aromatic rings. The van der Waals surface area contributed by atoms with Crippen LogP contribution < -0.4 is 0 Å². The molecule has 0 radical (unpaired) electrons. The first-order valence-corrected chi connectivity index (χ1v) is 11.4. The zero-order chi connectivity index (χ0) is 23.0. The highest BCUT2D eigenvalue weighted by molar-refractivity contribution is 6.30. The van der Waals surface area contributed by atoms with Crippen LogP contribution in [0.5, 0.6) is 0 Å². The van der Waals surface area contributed by atoms with E-state index in [4.69, 9.17) is 16.3 Å². The molecule has 32 heavy (non-hydrogen) atoms. The van der Waals surface area contributed by atoms with Crippen molar-refractivity contribution in [3.63, 3.8) is 0 Å². The zero-order valence-electron chi connectivity index (χ0n) is 18.5. The van der Waals surface area contributed by atoms with E-state index in [1.807, 2.05) is 24.0 Å². The Balaban J connectivity index is 1.42. The van der Waals surface area contributed by atoms with Crippen molar-refractivity contribution in [2.24, 2.45) is 11.3 Å². The summed E-state index contributed by atoms with van der Waals surface area (Å²) < 4.78 is 5.21. The molecule has 174 valence electrons. The maximum Gasteiger partial charge on any atom is 0.407 e. The third-order valence-electron chi connectivity index (χ3n) is 7.19. The molecule has 8 nitrogen and oxygen atoms in total. The van der Waals surface area contributed by atoms with Gasteiger partial charge in [-0.25, -0.2) is 4.79 Å². The Morgan fingerprint density at radius 2 is 1.72 bits per heavy atom. The normalized spacial score (nSPS) is 25.3. The average molecular weight is 464 g/mol. The average Bonchev–Trinajstić information content (AvgIpc) is 3.21. The molecular formula is C23H30ClN3O5. The summed E-state index contributed by atoms with van der Waals surface area (Å²) in [6.45, 7) is 4.82. The summed E-state index contributed by atoms with van der Waals surface area (Å²) in [5.74, 6) is -0.0980. The molecule has 2 atom stereocenters. The van der Waals surface area contributed by atoms with Gasteiger partial charge in [-0.2, -0.15) is 0 Å². The molecule has 3 amide bonds. The molecule has 1 N–H and O–H groups in total. The van der Waals surface area contributed by atoms with E-state index in [1.165, 1.54) is 4.90 Å². The van der Waals surface area contributed by atoms with Gasteiger partial charge in [0.15, 0.2) is 0 Å². The van der Waals surface area contributed by atoms with Crippen molar-refractivity contribution >= 4 is 29.5 Å². The Morgan fingerprint density at radius 1 is 1.09 bits per heavy atom. The van der Waals surface area contributed by atoms with Crippen LogP contribution in [0.1, 0.15) is 31.2 Å². The number of carbonyl (C=O) groups excluding carboxylic acids is 2. The van der Waals surface area contributed by atoms with E-state index < -0.39 is 11.5 Å². The SMILES string of the molecule is CN(C(=O)O)[C@@H]1CN(C(=O)C2CCN(C(=O)C3(C)COC3)CC2)C[C@H]1c1ccc(Cl)cc1. The molecule has 0 unspecified atom stereocenters. The molecule has 1 aromatic carbocycles. The van der Waals surface area contributed by atoms with Crippen LogP contribution in [0.25, 0.3) is 0 Å². The molecule has 3 aliphatic heterocycles. The smallest absolute Gasteiger partial charge is 0.407 e. The van der Waals surface area contributed by atoms with Gasteiger partial charge in [0.05, 0.1) is 24.7 Å². The van der Waals surface area contributed by atoms with E-state index in [2.05, 4.69) is 0 Å². The maximum absolute atomic E-state index is 13.3. The number of amides is 3. The minimum absolute atomic E-state index is 0.0514. The molecule has 0 spiro atoms. The van der Waals surface area contributed by atoms with Crippen molar-refractivity contribution in [3.05, 3.63) is 34.9 Å². The van der Waals surface area contributed by atoms with Crippen LogP contribution in [0.15, 0.2) is 24.3 Å². The summed E-state index contributed by atoms with van der Waals surface area (Å²) in [7, 11) is 1.55. The molecule has 0 aliphatic carbocycles. The van der Waals surface area contributed by atoms with Crippen LogP contribution in [0.3, 0.4) is 0 Å². The zero-order valence-corrected chi connectivity index (χ0v) is 19.3. The van der Waals surface area contributed by atoms with Gasteiger partial charge in [0.2, 0.25) is 11.8 Å². The van der Waals surface area contributed by atoms with Gasteiger partial charge in [-0.1, -0.05) is 23.7 Å². The van der Waals surface area contributed by atoms with Gasteiger partial charge in [0, 0.05) is 50.1 Å². The maximum atomic E-state index is 13.3. The third kappa shape index (κ3) is 4.30. The number of piperidine rings is 1. The van der Waals surface area contributed by atoms with Crippen molar-refractivity contribution in [2.45, 2.75) is 31.7 Å². The van der Waals surface area contributed by atoms with Crippen LogP contribution in [-0.2, 0) is 14.3 Å². The Bertz CT molecular complexity index is 880. The highest BCUT2D eigenvalue weighted by atomic mass is 35.5. The van der Waals surface area contributed by atoms with E-state index in [9.17, 15) is 19.5 Å². The summed E-state index contributed by atoms with van der Waals surface area (Å²) in [5, 5.41) is 10.2. The topological polar surface area (TPSA) is 90.4 Å². The van der Waals surface area contributed by atoms with Gasteiger partial charge in [-0.05, 0) is 37.5 Å². The minimum Gasteiger partial charge on any atom is -0.465 e. The van der Waals surface area contributed by atoms with E-state index in [1.54, 1.807) is 24.1 Å². The van der Waals surface area contributed by atoms with Crippen molar-refractivity contribution < 1.29 is 24.2 Å². The third-order valence-corrected chi connectivity index (χ3v) is 7.44. The lowest BCUT2D eigenvalue weighted by Gasteiger charge is -2.42. The first kappa shape index (κ1) is 22.9. The number of hydrogen-bond donors (Lipinski definition) is 1. The van der Waals surface area contributed by atoms with E-state index in [0.29, 0.717) is 57.3 Å². The Kier molecular flexibility index (Phi) is 6.36. The number of nitrogens with zero attached hydrogens (tertiary/aromatic N) is 3. The standard InChI is InChI=1S/C23H30ClN3O5/c1-23(13-32-14-23)21(29)26-9-7-16(8-10-26)20(28)27-11-18(15-3-5-17(24)6-4-15)19(12-27)25(2)22(30)31/h3-6,16,18-19H,7-14H2,1-2H3,(H,30,31)/t18-,19+/m0/s1. The molecular weight excluding hydrogens is 434 g/mol. The molecule has 0 bridgehead atoms. The summed E-state index contributed by atoms with van der Waals surface area (Å²) in [6.07, 6.45) is 0.245. The lowest BCUT2D eigenvalue weighted by Crippen LogP contribution is -2.55. The van der Waals surface area contributed by atoms with Crippen molar-refractivity contribution in [1.29, 1.82) is 0 Å². The van der Waals surface area contributed by atoms with Gasteiger partial charge >= 0.3 is 6.09 Å². The predicted molar refractivity (Wildman–Crippen MR) is 119 cm³/mol. The number of rotatable bonds is 4. The fourth-order valence-corrected chi connectivity index (χ4v) is 5.17. The summed E-state index contributed by atoms with van der Waals surface area (Å²) in [6, 6.07) is 7.06. The van der Waals surface area contributed by atoms with Gasteiger partial charge < -0.3 is 24.5 Å². The summed E-state index contributed by atoms with van der Waals surface area (Å²) in [4.78, 5) is 42.7. The number of ether oxygens (including phenoxy) is 1. The van der Waals surface area contributed by atoms with E-state index >= 15 is 0 Å². The lowest BCUT2D eigenvalue weighted by atomic mass is 9.85. The first-order valence-electron chi connectivity index (χ1n) is 11.1. The van der Waals surface area contributed by atoms with Crippen molar-refractivity contribution in [1.82, 2.24) is 14.7 Å². The van der Waals surface area contributed by atoms with Gasteiger partial charge in [0.25, 0.3) is 0 Å². The highest BCUT2D eigenvalue weighted by Crippen LogP contribution is 2.35. The summed E-state index contributed by atoms with van der Waals surface area (Å²) in [5.41, 5.74) is 0.547. The number of likely N-dealkylation sites (N-methyl/N-ethyl adjacent to an activating group) is 1. The molecule has 0 saturated carbocycles. The fourth-order valence-electron chi connectivity index (χ4n) is 5.04. The second kappa shape index (κ2) is 8.90. The minimum atomic E-state index is -1.01. The second-order valence-electron chi connectivity index (χ2n) is 9.48. The second-order valence-corrected chi connectivity index (χ2v) is 9.92. The summed E-state index contributed by atoms with van der Waals surface area (Å²) >= 11 is 6.02. The van der Waals surface area contributed by atoms with Crippen LogP contribution >= 0.6 is 11.6 Å². The van der Waals surface area contributed by atoms with Gasteiger partial charge in [-0.15, -0.1) is 0 Å².